The van der Waals surface area contributed by atoms with Gasteiger partial charge in [0.05, 0.1) is 18.2 Å². The molecule has 3 rings (SSSR count). The van der Waals surface area contributed by atoms with E-state index in [4.69, 9.17) is 15.0 Å². The Hall–Kier alpha value is -1.73. The minimum atomic E-state index is -0.445. The van der Waals surface area contributed by atoms with Crippen molar-refractivity contribution in [1.82, 2.24) is 10.1 Å². The van der Waals surface area contributed by atoms with E-state index < -0.39 is 5.54 Å². The van der Waals surface area contributed by atoms with Crippen molar-refractivity contribution in [2.45, 2.75) is 37.6 Å². The number of ether oxygens (including phenoxy) is 1. The molecule has 1 aromatic heterocycles. The zero-order valence-corrected chi connectivity index (χ0v) is 14.4. The van der Waals surface area contributed by atoms with Crippen LogP contribution in [-0.4, -0.2) is 23.0 Å². The number of rotatable bonds is 6. The third-order valence-electron chi connectivity index (χ3n) is 4.19. The summed E-state index contributed by atoms with van der Waals surface area (Å²) in [6, 6.07) is 5.35. The monoisotopic (exact) mass is 379 g/mol. The summed E-state index contributed by atoms with van der Waals surface area (Å²) in [5.74, 6) is 1.51. The maximum atomic E-state index is 12.4. The fourth-order valence-electron chi connectivity index (χ4n) is 2.59. The van der Waals surface area contributed by atoms with E-state index in [2.05, 4.69) is 26.1 Å². The molecule has 7 heteroatoms. The fraction of sp³-hybridized carbons (Fsp3) is 0.438. The summed E-state index contributed by atoms with van der Waals surface area (Å²) in [6.07, 6.45) is 3.49. The second-order valence-corrected chi connectivity index (χ2v) is 6.70. The van der Waals surface area contributed by atoms with Crippen LogP contribution in [0, 0.1) is 0 Å². The van der Waals surface area contributed by atoms with Crippen LogP contribution in [0.2, 0.25) is 0 Å². The number of hydrogen-bond donors (Lipinski definition) is 1. The maximum absolute atomic E-state index is 12.4. The van der Waals surface area contributed by atoms with Crippen molar-refractivity contribution in [2.24, 2.45) is 5.73 Å². The normalized spacial score (nSPS) is 16.0. The van der Waals surface area contributed by atoms with E-state index in [-0.39, 0.29) is 12.2 Å². The first-order chi connectivity index (χ1) is 11.0. The largest absolute Gasteiger partial charge is 0.496 e. The third kappa shape index (κ3) is 3.30. The maximum Gasteiger partial charge on any atom is 0.227 e. The fourth-order valence-corrected chi connectivity index (χ4v) is 2.95. The lowest BCUT2D eigenvalue weighted by Crippen LogP contribution is -2.44. The van der Waals surface area contributed by atoms with Crippen LogP contribution >= 0.6 is 15.9 Å². The highest BCUT2D eigenvalue weighted by Crippen LogP contribution is 2.36. The number of nitrogens with zero attached hydrogens (tertiary/aromatic N) is 2. The lowest BCUT2D eigenvalue weighted by Gasteiger charge is -2.34. The molecule has 122 valence electrons. The highest BCUT2D eigenvalue weighted by Gasteiger charge is 2.38. The second-order valence-electron chi connectivity index (χ2n) is 5.79. The van der Waals surface area contributed by atoms with Crippen LogP contribution in [0.15, 0.2) is 27.2 Å². The Morgan fingerprint density at radius 1 is 1.48 bits per heavy atom. The Morgan fingerprint density at radius 2 is 2.26 bits per heavy atom. The van der Waals surface area contributed by atoms with Crippen molar-refractivity contribution in [3.05, 3.63) is 40.0 Å². The van der Waals surface area contributed by atoms with Gasteiger partial charge in [-0.1, -0.05) is 21.1 Å². The van der Waals surface area contributed by atoms with Crippen LogP contribution in [-0.2, 0) is 12.0 Å². The quantitative estimate of drug-likeness (QED) is 0.775. The number of carbonyl (C=O) groups is 1. The Kier molecular flexibility index (Phi) is 4.50. The van der Waals surface area contributed by atoms with Gasteiger partial charge in [-0.3, -0.25) is 4.79 Å². The molecule has 0 spiro atoms. The van der Waals surface area contributed by atoms with E-state index in [1.807, 2.05) is 6.07 Å². The third-order valence-corrected chi connectivity index (χ3v) is 4.68. The summed E-state index contributed by atoms with van der Waals surface area (Å²) < 4.78 is 11.3. The molecular formula is C16H18BrN3O3. The lowest BCUT2D eigenvalue weighted by molar-refractivity contribution is 0.0976. The average molecular weight is 380 g/mol. The first-order valence-corrected chi connectivity index (χ1v) is 8.30. The molecule has 0 atom stereocenters. The molecule has 2 N–H and O–H groups in total. The van der Waals surface area contributed by atoms with Crippen LogP contribution in [0.3, 0.4) is 0 Å². The van der Waals surface area contributed by atoms with Gasteiger partial charge >= 0.3 is 0 Å². The molecule has 0 unspecified atom stereocenters. The summed E-state index contributed by atoms with van der Waals surface area (Å²) in [4.78, 5) is 16.7. The molecule has 1 aliphatic rings. The Bertz CT molecular complexity index is 725. The van der Waals surface area contributed by atoms with Crippen LogP contribution < -0.4 is 10.5 Å². The van der Waals surface area contributed by atoms with Gasteiger partial charge in [0, 0.05) is 17.3 Å². The molecule has 1 aromatic carbocycles. The molecule has 6 nitrogen and oxygen atoms in total. The van der Waals surface area contributed by atoms with Gasteiger partial charge in [0.15, 0.2) is 11.6 Å². The summed E-state index contributed by atoms with van der Waals surface area (Å²) in [7, 11) is 1.55. The van der Waals surface area contributed by atoms with Gasteiger partial charge in [-0.05, 0) is 37.5 Å². The van der Waals surface area contributed by atoms with Crippen molar-refractivity contribution in [3.63, 3.8) is 0 Å². The minimum Gasteiger partial charge on any atom is -0.496 e. The van der Waals surface area contributed by atoms with Crippen molar-refractivity contribution >= 4 is 21.7 Å². The molecule has 23 heavy (non-hydrogen) atoms. The van der Waals surface area contributed by atoms with Crippen molar-refractivity contribution in [1.29, 1.82) is 0 Å². The van der Waals surface area contributed by atoms with Gasteiger partial charge in [0.1, 0.15) is 5.75 Å². The van der Waals surface area contributed by atoms with Crippen molar-refractivity contribution in [3.8, 4) is 5.75 Å². The smallest absolute Gasteiger partial charge is 0.227 e. The number of Topliss-reactive ketones (excluding diaryl/α,β-unsaturated/α-hetero) is 1. The van der Waals surface area contributed by atoms with E-state index in [1.54, 1.807) is 19.2 Å². The number of methoxy groups -OCH3 is 1. The molecule has 1 saturated carbocycles. The van der Waals surface area contributed by atoms with Gasteiger partial charge in [-0.2, -0.15) is 4.98 Å². The van der Waals surface area contributed by atoms with E-state index in [9.17, 15) is 4.79 Å². The predicted molar refractivity (Wildman–Crippen MR) is 87.4 cm³/mol. The molecule has 1 aliphatic carbocycles. The van der Waals surface area contributed by atoms with E-state index in [1.165, 1.54) is 0 Å². The molecule has 1 heterocycles. The second kappa shape index (κ2) is 6.41. The first kappa shape index (κ1) is 16.1. The van der Waals surface area contributed by atoms with Crippen LogP contribution in [0.4, 0.5) is 0 Å². The topological polar surface area (TPSA) is 91.2 Å². The molecule has 2 aromatic rings. The molecule has 0 aliphatic heterocycles. The molecule has 0 amide bonds. The van der Waals surface area contributed by atoms with Gasteiger partial charge in [-0.25, -0.2) is 0 Å². The zero-order valence-electron chi connectivity index (χ0n) is 12.8. The first-order valence-electron chi connectivity index (χ1n) is 7.50. The summed E-state index contributed by atoms with van der Waals surface area (Å²) in [5.41, 5.74) is 6.26. The minimum absolute atomic E-state index is 0.0333. The Labute approximate surface area is 142 Å². The number of aryl methyl sites for hydroxylation is 1. The average Bonchev–Trinajstić information content (AvgIpc) is 2.99. The van der Waals surface area contributed by atoms with E-state index in [0.29, 0.717) is 29.4 Å². The van der Waals surface area contributed by atoms with Crippen LogP contribution in [0.25, 0.3) is 0 Å². The number of halogens is 1. The van der Waals surface area contributed by atoms with E-state index >= 15 is 0 Å². The van der Waals surface area contributed by atoms with E-state index in [0.717, 1.165) is 23.7 Å². The number of ketones is 1. The Balaban J connectivity index is 1.66. The van der Waals surface area contributed by atoms with Gasteiger partial charge < -0.3 is 15.0 Å². The van der Waals surface area contributed by atoms with Crippen LogP contribution in [0.1, 0.15) is 47.8 Å². The number of hydrogen-bond acceptors (Lipinski definition) is 6. The lowest BCUT2D eigenvalue weighted by atomic mass is 9.77. The van der Waals surface area contributed by atoms with Crippen LogP contribution in [0.5, 0.6) is 5.75 Å². The van der Waals surface area contributed by atoms with Gasteiger partial charge in [-0.15, -0.1) is 0 Å². The number of nitrogens with two attached hydrogens (primary N) is 1. The number of benzene rings is 1. The molecule has 1 fully saturated rings. The summed E-state index contributed by atoms with van der Waals surface area (Å²) in [5, 5.41) is 3.95. The zero-order chi connectivity index (χ0) is 16.4. The SMILES string of the molecule is COc1ccc(Br)cc1C(=O)CCc1nc(C2(N)CCC2)no1. The standard InChI is InChI=1S/C16H18BrN3O3/c1-22-13-5-3-10(17)9-11(13)12(21)4-6-14-19-15(20-23-14)16(18)7-2-8-16/h3,5,9H,2,4,6-8,18H2,1H3. The molecular weight excluding hydrogens is 362 g/mol. The van der Waals surface area contributed by atoms with Crippen molar-refractivity contribution < 1.29 is 14.1 Å². The number of carbonyl (C=O) groups excluding carboxylic acids is 1. The number of aromatic nitrogens is 2. The summed E-state index contributed by atoms with van der Waals surface area (Å²) in [6.45, 7) is 0. The van der Waals surface area contributed by atoms with Gasteiger partial charge in [0.2, 0.25) is 5.89 Å². The Morgan fingerprint density at radius 3 is 2.91 bits per heavy atom. The van der Waals surface area contributed by atoms with Gasteiger partial charge in [0.25, 0.3) is 0 Å². The highest BCUT2D eigenvalue weighted by atomic mass is 79.9. The molecule has 0 radical (unpaired) electrons. The van der Waals surface area contributed by atoms with Crippen molar-refractivity contribution in [2.75, 3.05) is 7.11 Å². The summed E-state index contributed by atoms with van der Waals surface area (Å²) >= 11 is 3.37. The highest BCUT2D eigenvalue weighted by molar-refractivity contribution is 9.10. The molecule has 0 bridgehead atoms. The molecule has 0 saturated heterocycles. The predicted octanol–water partition coefficient (Wildman–Crippen LogP) is 2.99.